The van der Waals surface area contributed by atoms with Crippen LogP contribution in [-0.2, 0) is 11.8 Å². The molecular formula is C15H19N5O2S. The van der Waals surface area contributed by atoms with Crippen LogP contribution >= 0.6 is 11.8 Å². The molecule has 3 amide bonds. The maximum Gasteiger partial charge on any atom is 0.321 e. The third-order valence-corrected chi connectivity index (χ3v) is 4.09. The second-order valence-electron chi connectivity index (χ2n) is 4.93. The zero-order valence-corrected chi connectivity index (χ0v) is 14.1. The van der Waals surface area contributed by atoms with E-state index in [-0.39, 0.29) is 11.7 Å². The van der Waals surface area contributed by atoms with Gasteiger partial charge in [0, 0.05) is 19.2 Å². The van der Waals surface area contributed by atoms with E-state index in [0.29, 0.717) is 11.7 Å². The lowest BCUT2D eigenvalue weighted by molar-refractivity contribution is -0.117. The molecule has 0 unspecified atom stereocenters. The Morgan fingerprint density at radius 3 is 2.57 bits per heavy atom. The van der Waals surface area contributed by atoms with Crippen LogP contribution in [0.15, 0.2) is 29.4 Å². The first-order valence-corrected chi connectivity index (χ1v) is 8.16. The van der Waals surface area contributed by atoms with Crippen molar-refractivity contribution >= 4 is 23.7 Å². The molecule has 0 aliphatic rings. The van der Waals surface area contributed by atoms with Crippen LogP contribution in [0.25, 0.3) is 11.4 Å². The number of aryl methyl sites for hydroxylation is 1. The van der Waals surface area contributed by atoms with E-state index in [1.165, 1.54) is 17.3 Å². The van der Waals surface area contributed by atoms with Crippen LogP contribution in [0, 0.1) is 6.92 Å². The summed E-state index contributed by atoms with van der Waals surface area (Å²) < 4.78 is 1.83. The highest BCUT2D eigenvalue weighted by Crippen LogP contribution is 2.22. The summed E-state index contributed by atoms with van der Waals surface area (Å²) in [7, 11) is 1.85. The van der Waals surface area contributed by atoms with Crippen molar-refractivity contribution in [1.82, 2.24) is 25.4 Å². The smallest absolute Gasteiger partial charge is 0.321 e. The van der Waals surface area contributed by atoms with Gasteiger partial charge in [-0.25, -0.2) is 4.79 Å². The van der Waals surface area contributed by atoms with Gasteiger partial charge >= 0.3 is 6.03 Å². The fourth-order valence-electron chi connectivity index (χ4n) is 1.89. The van der Waals surface area contributed by atoms with Gasteiger partial charge in [-0.05, 0) is 13.8 Å². The van der Waals surface area contributed by atoms with Crippen molar-refractivity contribution in [3.05, 3.63) is 29.8 Å². The molecule has 0 atom stereocenters. The van der Waals surface area contributed by atoms with Crippen molar-refractivity contribution in [1.29, 1.82) is 0 Å². The molecule has 0 fully saturated rings. The lowest BCUT2D eigenvalue weighted by atomic mass is 10.1. The number of rotatable bonds is 5. The van der Waals surface area contributed by atoms with Gasteiger partial charge in [-0.3, -0.25) is 10.1 Å². The third-order valence-electron chi connectivity index (χ3n) is 3.07. The zero-order valence-electron chi connectivity index (χ0n) is 13.3. The molecule has 0 saturated heterocycles. The Morgan fingerprint density at radius 2 is 1.91 bits per heavy atom. The molecule has 0 saturated carbocycles. The van der Waals surface area contributed by atoms with E-state index in [9.17, 15) is 9.59 Å². The van der Waals surface area contributed by atoms with Gasteiger partial charge in [0.1, 0.15) is 0 Å². The van der Waals surface area contributed by atoms with Gasteiger partial charge in [0.15, 0.2) is 11.0 Å². The Labute approximate surface area is 138 Å². The summed E-state index contributed by atoms with van der Waals surface area (Å²) in [5, 5.41) is 13.6. The first kappa shape index (κ1) is 17.0. The van der Waals surface area contributed by atoms with Crippen molar-refractivity contribution in [2.75, 3.05) is 12.3 Å². The Bertz CT molecular complexity index is 696. The van der Waals surface area contributed by atoms with Crippen LogP contribution in [0.3, 0.4) is 0 Å². The van der Waals surface area contributed by atoms with E-state index >= 15 is 0 Å². The van der Waals surface area contributed by atoms with Gasteiger partial charge in [-0.1, -0.05) is 41.6 Å². The molecular weight excluding hydrogens is 314 g/mol. The minimum atomic E-state index is -0.489. The first-order chi connectivity index (χ1) is 11.0. The molecule has 2 rings (SSSR count). The number of hydrogen-bond acceptors (Lipinski definition) is 5. The Balaban J connectivity index is 1.98. The minimum absolute atomic E-state index is 0.0943. The largest absolute Gasteiger partial charge is 0.338 e. The average Bonchev–Trinajstić information content (AvgIpc) is 2.87. The molecule has 0 spiro atoms. The van der Waals surface area contributed by atoms with Crippen LogP contribution in [0.4, 0.5) is 4.79 Å². The lowest BCUT2D eigenvalue weighted by Gasteiger charge is -2.05. The van der Waals surface area contributed by atoms with Gasteiger partial charge in [-0.15, -0.1) is 10.2 Å². The van der Waals surface area contributed by atoms with E-state index in [4.69, 9.17) is 0 Å². The van der Waals surface area contributed by atoms with Crippen LogP contribution in [-0.4, -0.2) is 39.0 Å². The topological polar surface area (TPSA) is 88.9 Å². The molecule has 0 aliphatic heterocycles. The summed E-state index contributed by atoms with van der Waals surface area (Å²) in [5.74, 6) is 0.453. The number of nitrogens with one attached hydrogen (secondary N) is 2. The minimum Gasteiger partial charge on any atom is -0.338 e. The Morgan fingerprint density at radius 1 is 1.22 bits per heavy atom. The molecule has 1 aromatic heterocycles. The van der Waals surface area contributed by atoms with Crippen LogP contribution in [0.2, 0.25) is 0 Å². The van der Waals surface area contributed by atoms with Crippen molar-refractivity contribution < 1.29 is 9.59 Å². The predicted octanol–water partition coefficient (Wildman–Crippen LogP) is 1.73. The molecule has 1 aromatic carbocycles. The number of hydrogen-bond donors (Lipinski definition) is 2. The van der Waals surface area contributed by atoms with Crippen LogP contribution in [0.1, 0.15) is 12.5 Å². The monoisotopic (exact) mass is 333 g/mol. The molecule has 2 N–H and O–H groups in total. The molecule has 8 heteroatoms. The summed E-state index contributed by atoms with van der Waals surface area (Å²) in [6.45, 7) is 4.27. The average molecular weight is 333 g/mol. The normalized spacial score (nSPS) is 10.4. The van der Waals surface area contributed by atoms with Gasteiger partial charge in [-0.2, -0.15) is 0 Å². The maximum atomic E-state index is 11.7. The summed E-state index contributed by atoms with van der Waals surface area (Å²) in [4.78, 5) is 22.9. The lowest BCUT2D eigenvalue weighted by Crippen LogP contribution is -2.40. The summed E-state index contributed by atoms with van der Waals surface area (Å²) >= 11 is 1.23. The van der Waals surface area contributed by atoms with Crippen LogP contribution in [0.5, 0.6) is 0 Å². The van der Waals surface area contributed by atoms with Gasteiger partial charge < -0.3 is 9.88 Å². The first-order valence-electron chi connectivity index (χ1n) is 7.18. The van der Waals surface area contributed by atoms with Gasteiger partial charge in [0.2, 0.25) is 5.91 Å². The van der Waals surface area contributed by atoms with E-state index in [1.54, 1.807) is 6.92 Å². The van der Waals surface area contributed by atoms with Crippen molar-refractivity contribution in [3.63, 3.8) is 0 Å². The number of benzene rings is 1. The second kappa shape index (κ2) is 7.77. The quantitative estimate of drug-likeness (QED) is 0.814. The number of carbonyl (C=O) groups is 2. The molecule has 0 bridgehead atoms. The predicted molar refractivity (Wildman–Crippen MR) is 89.1 cm³/mol. The maximum absolute atomic E-state index is 11.7. The highest BCUT2D eigenvalue weighted by atomic mass is 32.2. The molecule has 122 valence electrons. The summed E-state index contributed by atoms with van der Waals surface area (Å²) in [6, 6.07) is 7.50. The Kier molecular flexibility index (Phi) is 5.75. The second-order valence-corrected chi connectivity index (χ2v) is 5.87. The number of urea groups is 1. The van der Waals surface area contributed by atoms with Gasteiger partial charge in [0.05, 0.1) is 5.75 Å². The number of aromatic nitrogens is 3. The molecule has 7 nitrogen and oxygen atoms in total. The van der Waals surface area contributed by atoms with Crippen molar-refractivity contribution in [2.24, 2.45) is 7.05 Å². The number of thioether (sulfide) groups is 1. The molecule has 0 aliphatic carbocycles. The van der Waals surface area contributed by atoms with E-state index < -0.39 is 6.03 Å². The molecule has 23 heavy (non-hydrogen) atoms. The summed E-state index contributed by atoms with van der Waals surface area (Å²) in [6.07, 6.45) is 0. The number of imide groups is 1. The number of carbonyl (C=O) groups excluding carboxylic acids is 2. The van der Waals surface area contributed by atoms with E-state index in [1.807, 2.05) is 42.8 Å². The standard InChI is InChI=1S/C15H19N5O2S/c1-4-16-14(22)17-12(21)9-23-15-19-18-13(20(15)3)11-7-5-10(2)6-8-11/h5-8H,4,9H2,1-3H3,(H2,16,17,21,22). The van der Waals surface area contributed by atoms with E-state index in [2.05, 4.69) is 20.8 Å². The third kappa shape index (κ3) is 4.56. The molecule has 2 aromatic rings. The fourth-order valence-corrected chi connectivity index (χ4v) is 2.60. The van der Waals surface area contributed by atoms with Gasteiger partial charge in [0.25, 0.3) is 0 Å². The Hall–Kier alpha value is -2.35. The highest BCUT2D eigenvalue weighted by molar-refractivity contribution is 7.99. The molecule has 1 heterocycles. The highest BCUT2D eigenvalue weighted by Gasteiger charge is 2.13. The SMILES string of the molecule is CCNC(=O)NC(=O)CSc1nnc(-c2ccc(C)cc2)n1C. The molecule has 0 radical (unpaired) electrons. The number of nitrogens with zero attached hydrogens (tertiary/aromatic N) is 3. The zero-order chi connectivity index (χ0) is 16.8. The van der Waals surface area contributed by atoms with Crippen LogP contribution < -0.4 is 10.6 Å². The van der Waals surface area contributed by atoms with Crippen molar-refractivity contribution in [2.45, 2.75) is 19.0 Å². The van der Waals surface area contributed by atoms with E-state index in [0.717, 1.165) is 11.4 Å². The van der Waals surface area contributed by atoms with Crippen molar-refractivity contribution in [3.8, 4) is 11.4 Å². The summed E-state index contributed by atoms with van der Waals surface area (Å²) in [5.41, 5.74) is 2.14. The fraction of sp³-hybridized carbons (Fsp3) is 0.333. The number of amides is 3.